The third-order valence-electron chi connectivity index (χ3n) is 5.56. The maximum atomic E-state index is 6.53. The number of fused-ring (bicyclic) bond motifs is 1. The first-order chi connectivity index (χ1) is 10.2. The normalized spacial score (nSPS) is 22.8. The first-order valence-corrected chi connectivity index (χ1v) is 11.2. The van der Waals surface area contributed by atoms with Crippen LogP contribution in [0.25, 0.3) is 5.52 Å². The van der Waals surface area contributed by atoms with Gasteiger partial charge in [0, 0.05) is 23.9 Å². The standard InChI is InChI=1S/C18H28N2OSi/c1-13-7-8-15-9-10-19-20(15)17(13)14-11-16(12-14)21-22(5,6)18(2,3)4/h7-10,14,16H,11-12H2,1-6H3. The van der Waals surface area contributed by atoms with Crippen LogP contribution in [0.5, 0.6) is 0 Å². The molecule has 0 unspecified atom stereocenters. The van der Waals surface area contributed by atoms with Crippen molar-refractivity contribution in [2.24, 2.45) is 0 Å². The van der Waals surface area contributed by atoms with Crippen molar-refractivity contribution in [2.45, 2.75) is 70.7 Å². The summed E-state index contributed by atoms with van der Waals surface area (Å²) >= 11 is 0. The molecule has 3 rings (SSSR count). The molecule has 0 radical (unpaired) electrons. The number of hydrogen-bond acceptors (Lipinski definition) is 2. The zero-order valence-corrected chi connectivity index (χ0v) is 15.7. The van der Waals surface area contributed by atoms with Crippen molar-refractivity contribution in [3.05, 3.63) is 35.7 Å². The second-order valence-electron chi connectivity index (χ2n) is 8.24. The molecule has 3 nitrogen and oxygen atoms in total. The molecule has 1 saturated carbocycles. The molecule has 1 fully saturated rings. The summed E-state index contributed by atoms with van der Waals surface area (Å²) < 4.78 is 8.65. The molecule has 0 aromatic carbocycles. The van der Waals surface area contributed by atoms with Gasteiger partial charge < -0.3 is 4.43 Å². The lowest BCUT2D eigenvalue weighted by molar-refractivity contribution is 0.0817. The van der Waals surface area contributed by atoms with E-state index in [4.69, 9.17) is 4.43 Å². The Hall–Kier alpha value is -1.13. The molecule has 0 amide bonds. The number of nitrogens with zero attached hydrogens (tertiary/aromatic N) is 2. The lowest BCUT2D eigenvalue weighted by Gasteiger charge is -2.45. The molecule has 0 atom stereocenters. The molecule has 2 aromatic heterocycles. The molecule has 0 N–H and O–H groups in total. The Morgan fingerprint density at radius 3 is 2.50 bits per heavy atom. The summed E-state index contributed by atoms with van der Waals surface area (Å²) in [5.41, 5.74) is 3.90. The molecule has 0 aliphatic heterocycles. The van der Waals surface area contributed by atoms with E-state index in [0.717, 1.165) is 12.8 Å². The summed E-state index contributed by atoms with van der Waals surface area (Å²) in [6.45, 7) is 13.8. The Labute approximate surface area is 134 Å². The predicted molar refractivity (Wildman–Crippen MR) is 94.0 cm³/mol. The lowest BCUT2D eigenvalue weighted by atomic mass is 9.78. The van der Waals surface area contributed by atoms with Gasteiger partial charge in [-0.2, -0.15) is 5.10 Å². The van der Waals surface area contributed by atoms with Crippen LogP contribution < -0.4 is 0 Å². The van der Waals surface area contributed by atoms with E-state index in [1.807, 2.05) is 6.20 Å². The van der Waals surface area contributed by atoms with Crippen LogP contribution in [-0.4, -0.2) is 24.0 Å². The molecular weight excluding hydrogens is 288 g/mol. The summed E-state index contributed by atoms with van der Waals surface area (Å²) in [7, 11) is -1.64. The van der Waals surface area contributed by atoms with Crippen LogP contribution in [0.15, 0.2) is 24.4 Å². The molecule has 0 spiro atoms. The first kappa shape index (κ1) is 15.8. The molecule has 0 bridgehead atoms. The number of pyridine rings is 1. The Kier molecular flexibility index (Phi) is 3.73. The van der Waals surface area contributed by atoms with Crippen molar-refractivity contribution >= 4 is 13.8 Å². The largest absolute Gasteiger partial charge is 0.414 e. The van der Waals surface area contributed by atoms with Crippen LogP contribution >= 0.6 is 0 Å². The van der Waals surface area contributed by atoms with E-state index in [2.05, 4.69) is 68.6 Å². The number of aromatic nitrogens is 2. The molecule has 0 saturated heterocycles. The van der Waals surface area contributed by atoms with Crippen LogP contribution in [-0.2, 0) is 4.43 Å². The molecule has 1 aliphatic rings. The fraction of sp³-hybridized carbons (Fsp3) is 0.611. The molecule has 4 heteroatoms. The van der Waals surface area contributed by atoms with Crippen LogP contribution in [0.2, 0.25) is 18.1 Å². The van der Waals surface area contributed by atoms with E-state index in [-0.39, 0.29) is 5.04 Å². The summed E-state index contributed by atoms with van der Waals surface area (Å²) in [5.74, 6) is 0.582. The number of hydrogen-bond donors (Lipinski definition) is 0. The fourth-order valence-electron chi connectivity index (χ4n) is 3.08. The molecule has 2 heterocycles. The van der Waals surface area contributed by atoms with E-state index in [1.165, 1.54) is 16.8 Å². The number of aryl methyl sites for hydroxylation is 1. The second-order valence-corrected chi connectivity index (χ2v) is 13.0. The molecule has 1 aliphatic carbocycles. The average molecular weight is 317 g/mol. The minimum absolute atomic E-state index is 0.288. The van der Waals surface area contributed by atoms with Gasteiger partial charge in [0.05, 0.1) is 5.52 Å². The van der Waals surface area contributed by atoms with Crippen molar-refractivity contribution in [3.63, 3.8) is 0 Å². The minimum atomic E-state index is -1.64. The van der Waals surface area contributed by atoms with Crippen LogP contribution in [0.4, 0.5) is 0 Å². The number of rotatable bonds is 3. The van der Waals surface area contributed by atoms with Gasteiger partial charge in [-0.15, -0.1) is 0 Å². The van der Waals surface area contributed by atoms with Crippen molar-refractivity contribution in [3.8, 4) is 0 Å². The maximum Gasteiger partial charge on any atom is 0.192 e. The maximum absolute atomic E-state index is 6.53. The highest BCUT2D eigenvalue weighted by Gasteiger charge is 2.43. The highest BCUT2D eigenvalue weighted by atomic mass is 28.4. The van der Waals surface area contributed by atoms with E-state index in [1.54, 1.807) is 0 Å². The fourth-order valence-corrected chi connectivity index (χ4v) is 4.46. The van der Waals surface area contributed by atoms with Crippen molar-refractivity contribution in [2.75, 3.05) is 0 Å². The third kappa shape index (κ3) is 2.63. The van der Waals surface area contributed by atoms with Gasteiger partial charge in [-0.3, -0.25) is 0 Å². The van der Waals surface area contributed by atoms with Gasteiger partial charge in [0.1, 0.15) is 0 Å². The van der Waals surface area contributed by atoms with Crippen molar-refractivity contribution < 1.29 is 4.43 Å². The van der Waals surface area contributed by atoms with E-state index < -0.39 is 8.32 Å². The van der Waals surface area contributed by atoms with Crippen LogP contribution in [0, 0.1) is 6.92 Å². The highest BCUT2D eigenvalue weighted by Crippen LogP contribution is 2.45. The summed E-state index contributed by atoms with van der Waals surface area (Å²) in [4.78, 5) is 0. The van der Waals surface area contributed by atoms with Crippen LogP contribution in [0.1, 0.15) is 50.8 Å². The van der Waals surface area contributed by atoms with Gasteiger partial charge in [-0.25, -0.2) is 4.52 Å². The molecule has 120 valence electrons. The Bertz CT molecular complexity index is 678. The monoisotopic (exact) mass is 316 g/mol. The van der Waals surface area contributed by atoms with E-state index >= 15 is 0 Å². The molecular formula is C18H28N2OSi. The van der Waals surface area contributed by atoms with Gasteiger partial charge in [0.15, 0.2) is 8.32 Å². The van der Waals surface area contributed by atoms with Gasteiger partial charge in [0.25, 0.3) is 0 Å². The van der Waals surface area contributed by atoms with Crippen molar-refractivity contribution in [1.29, 1.82) is 0 Å². The SMILES string of the molecule is Cc1ccc2ccnn2c1C1CC(O[Si](C)(C)C(C)(C)C)C1. The zero-order chi connectivity index (χ0) is 16.1. The van der Waals surface area contributed by atoms with Crippen molar-refractivity contribution in [1.82, 2.24) is 9.61 Å². The second kappa shape index (κ2) is 5.20. The van der Waals surface area contributed by atoms with Gasteiger partial charge in [0.2, 0.25) is 0 Å². The molecule has 22 heavy (non-hydrogen) atoms. The Balaban J connectivity index is 1.73. The Morgan fingerprint density at radius 1 is 1.18 bits per heavy atom. The van der Waals surface area contributed by atoms with E-state index in [0.29, 0.717) is 12.0 Å². The van der Waals surface area contributed by atoms with Gasteiger partial charge in [-0.05, 0) is 55.6 Å². The molecule has 2 aromatic rings. The zero-order valence-electron chi connectivity index (χ0n) is 14.7. The van der Waals surface area contributed by atoms with Gasteiger partial charge in [-0.1, -0.05) is 26.8 Å². The average Bonchev–Trinajstić information content (AvgIpc) is 2.81. The third-order valence-corrected chi connectivity index (χ3v) is 10.1. The van der Waals surface area contributed by atoms with Gasteiger partial charge >= 0.3 is 0 Å². The minimum Gasteiger partial charge on any atom is -0.414 e. The van der Waals surface area contributed by atoms with E-state index in [9.17, 15) is 0 Å². The summed E-state index contributed by atoms with van der Waals surface area (Å²) in [6, 6.07) is 6.44. The van der Waals surface area contributed by atoms with Crippen LogP contribution in [0.3, 0.4) is 0 Å². The lowest BCUT2D eigenvalue weighted by Crippen LogP contribution is -2.47. The smallest absolute Gasteiger partial charge is 0.192 e. The topological polar surface area (TPSA) is 26.5 Å². The predicted octanol–water partition coefficient (Wildman–Crippen LogP) is 4.91. The summed E-state index contributed by atoms with van der Waals surface area (Å²) in [6.07, 6.45) is 4.58. The Morgan fingerprint density at radius 2 is 1.86 bits per heavy atom. The first-order valence-electron chi connectivity index (χ1n) is 8.30. The summed E-state index contributed by atoms with van der Waals surface area (Å²) in [5, 5.41) is 4.79. The highest BCUT2D eigenvalue weighted by molar-refractivity contribution is 6.74. The quantitative estimate of drug-likeness (QED) is 0.752.